The van der Waals surface area contributed by atoms with E-state index in [9.17, 15) is 14.4 Å². The Morgan fingerprint density at radius 2 is 1.95 bits per heavy atom. The third-order valence-corrected chi connectivity index (χ3v) is 3.08. The molecule has 0 unspecified atom stereocenters. The molecule has 0 fully saturated rings. The lowest BCUT2D eigenvalue weighted by molar-refractivity contribution is -0.151. The maximum atomic E-state index is 12.2. The van der Waals surface area contributed by atoms with E-state index < -0.39 is 29.9 Å². The normalized spacial score (nSPS) is 13.4. The van der Waals surface area contributed by atoms with Gasteiger partial charge in [0.25, 0.3) is 0 Å². The molecular weight excluding hydrogens is 264 g/mol. The van der Waals surface area contributed by atoms with Crippen LogP contribution in [0.1, 0.15) is 39.5 Å². The number of carboxylic acid groups (broad SMARTS) is 1. The highest BCUT2D eigenvalue weighted by molar-refractivity contribution is 5.87. The van der Waals surface area contributed by atoms with Gasteiger partial charge in [-0.25, -0.2) is 4.79 Å². The Balaban J connectivity index is 4.77. The molecule has 1 amide bonds. The molecule has 7 heteroatoms. The van der Waals surface area contributed by atoms with Crippen molar-refractivity contribution in [1.82, 2.24) is 4.90 Å². The Hall–Kier alpha value is -1.63. The SMILES string of the molecule is CCCC[C@H](N)C(=O)N(CCC(=O)OC)[C@@H](C)C(=O)O. The zero-order valence-corrected chi connectivity index (χ0v) is 12.3. The first-order valence-electron chi connectivity index (χ1n) is 6.70. The number of hydrogen-bond acceptors (Lipinski definition) is 5. The minimum Gasteiger partial charge on any atom is -0.480 e. The highest BCUT2D eigenvalue weighted by Gasteiger charge is 2.29. The van der Waals surface area contributed by atoms with Crippen LogP contribution in [-0.4, -0.2) is 53.6 Å². The molecule has 116 valence electrons. The van der Waals surface area contributed by atoms with Crippen LogP contribution in [-0.2, 0) is 19.1 Å². The third-order valence-electron chi connectivity index (χ3n) is 3.08. The number of carbonyl (C=O) groups is 3. The molecule has 3 N–H and O–H groups in total. The second kappa shape index (κ2) is 9.30. The summed E-state index contributed by atoms with van der Waals surface area (Å²) in [6.07, 6.45) is 2.13. The molecule has 0 radical (unpaired) electrons. The van der Waals surface area contributed by atoms with Gasteiger partial charge in [-0.15, -0.1) is 0 Å². The van der Waals surface area contributed by atoms with E-state index in [1.165, 1.54) is 14.0 Å². The molecule has 0 aromatic heterocycles. The Morgan fingerprint density at radius 3 is 2.40 bits per heavy atom. The molecule has 0 aromatic rings. The largest absolute Gasteiger partial charge is 0.480 e. The molecule has 0 aliphatic rings. The topological polar surface area (TPSA) is 110 Å². The van der Waals surface area contributed by atoms with E-state index in [1.54, 1.807) is 0 Å². The lowest BCUT2D eigenvalue weighted by Gasteiger charge is -2.28. The third kappa shape index (κ3) is 6.01. The van der Waals surface area contributed by atoms with Crippen molar-refractivity contribution in [3.8, 4) is 0 Å². The van der Waals surface area contributed by atoms with Crippen LogP contribution in [0.2, 0.25) is 0 Å². The minimum atomic E-state index is -1.13. The lowest BCUT2D eigenvalue weighted by atomic mass is 10.1. The Bertz CT molecular complexity index is 346. The number of nitrogens with zero attached hydrogens (tertiary/aromatic N) is 1. The van der Waals surface area contributed by atoms with Gasteiger partial charge in [-0.05, 0) is 13.3 Å². The average molecular weight is 288 g/mol. The van der Waals surface area contributed by atoms with E-state index in [0.717, 1.165) is 17.7 Å². The van der Waals surface area contributed by atoms with Crippen molar-refractivity contribution in [2.24, 2.45) is 5.73 Å². The van der Waals surface area contributed by atoms with Crippen LogP contribution in [0.3, 0.4) is 0 Å². The van der Waals surface area contributed by atoms with E-state index >= 15 is 0 Å². The molecule has 0 aliphatic carbocycles. The number of methoxy groups -OCH3 is 1. The second-order valence-electron chi connectivity index (χ2n) is 4.62. The van der Waals surface area contributed by atoms with Crippen LogP contribution in [0.15, 0.2) is 0 Å². The number of nitrogens with two attached hydrogens (primary N) is 1. The van der Waals surface area contributed by atoms with Crippen molar-refractivity contribution in [1.29, 1.82) is 0 Å². The quantitative estimate of drug-likeness (QED) is 0.593. The maximum absolute atomic E-state index is 12.2. The molecular formula is C13H24N2O5. The minimum absolute atomic E-state index is 0.0151. The first-order valence-corrected chi connectivity index (χ1v) is 6.70. The van der Waals surface area contributed by atoms with Gasteiger partial charge in [-0.2, -0.15) is 0 Å². The predicted octanol–water partition coefficient (Wildman–Crippen LogP) is 0.369. The van der Waals surface area contributed by atoms with Gasteiger partial charge in [0.15, 0.2) is 0 Å². The van der Waals surface area contributed by atoms with Crippen molar-refractivity contribution in [2.45, 2.75) is 51.6 Å². The van der Waals surface area contributed by atoms with Crippen LogP contribution in [0.25, 0.3) is 0 Å². The Morgan fingerprint density at radius 1 is 1.35 bits per heavy atom. The second-order valence-corrected chi connectivity index (χ2v) is 4.62. The van der Waals surface area contributed by atoms with Gasteiger partial charge in [0.1, 0.15) is 6.04 Å². The summed E-state index contributed by atoms with van der Waals surface area (Å²) >= 11 is 0. The first kappa shape index (κ1) is 18.4. The summed E-state index contributed by atoms with van der Waals surface area (Å²) in [7, 11) is 1.24. The van der Waals surface area contributed by atoms with Gasteiger partial charge in [-0.3, -0.25) is 9.59 Å². The molecule has 0 rings (SSSR count). The molecule has 0 bridgehead atoms. The van der Waals surface area contributed by atoms with Crippen molar-refractivity contribution >= 4 is 17.8 Å². The number of carbonyl (C=O) groups excluding carboxylic acids is 2. The Labute approximate surface area is 119 Å². The van der Waals surface area contributed by atoms with Crippen LogP contribution >= 0.6 is 0 Å². The lowest BCUT2D eigenvalue weighted by Crippen LogP contribution is -2.51. The molecule has 0 heterocycles. The van der Waals surface area contributed by atoms with Gasteiger partial charge in [0.05, 0.1) is 19.6 Å². The van der Waals surface area contributed by atoms with Gasteiger partial charge in [-0.1, -0.05) is 19.8 Å². The highest BCUT2D eigenvalue weighted by atomic mass is 16.5. The average Bonchev–Trinajstić information content (AvgIpc) is 2.43. The number of rotatable bonds is 9. The van der Waals surface area contributed by atoms with Gasteiger partial charge in [0, 0.05) is 6.54 Å². The predicted molar refractivity (Wildman–Crippen MR) is 72.9 cm³/mol. The summed E-state index contributed by atoms with van der Waals surface area (Å²) in [6.45, 7) is 3.36. The summed E-state index contributed by atoms with van der Waals surface area (Å²) in [6, 6.07) is -1.77. The number of amides is 1. The summed E-state index contributed by atoms with van der Waals surface area (Å²) in [5.74, 6) is -2.08. The van der Waals surface area contributed by atoms with Crippen molar-refractivity contribution in [2.75, 3.05) is 13.7 Å². The van der Waals surface area contributed by atoms with Gasteiger partial charge in [0.2, 0.25) is 5.91 Å². The fourth-order valence-corrected chi connectivity index (χ4v) is 1.70. The van der Waals surface area contributed by atoms with E-state index in [0.29, 0.717) is 6.42 Å². The van der Waals surface area contributed by atoms with Crippen LogP contribution in [0.4, 0.5) is 0 Å². The number of unbranched alkanes of at least 4 members (excludes halogenated alkanes) is 1. The van der Waals surface area contributed by atoms with E-state index in [2.05, 4.69) is 4.74 Å². The number of hydrogen-bond donors (Lipinski definition) is 2. The zero-order valence-electron chi connectivity index (χ0n) is 12.3. The number of carboxylic acids is 1. The molecule has 0 aliphatic heterocycles. The fourth-order valence-electron chi connectivity index (χ4n) is 1.70. The number of esters is 1. The Kier molecular flexibility index (Phi) is 8.54. The smallest absolute Gasteiger partial charge is 0.326 e. The summed E-state index contributed by atoms with van der Waals surface area (Å²) < 4.78 is 4.49. The molecule has 0 aromatic carbocycles. The molecule has 20 heavy (non-hydrogen) atoms. The van der Waals surface area contributed by atoms with Crippen LogP contribution < -0.4 is 5.73 Å². The van der Waals surface area contributed by atoms with Crippen LogP contribution in [0.5, 0.6) is 0 Å². The molecule has 7 nitrogen and oxygen atoms in total. The highest BCUT2D eigenvalue weighted by Crippen LogP contribution is 2.08. The maximum Gasteiger partial charge on any atom is 0.326 e. The molecule has 0 saturated carbocycles. The summed E-state index contributed by atoms with van der Waals surface area (Å²) in [5.41, 5.74) is 5.78. The van der Waals surface area contributed by atoms with E-state index in [4.69, 9.17) is 10.8 Å². The fraction of sp³-hybridized carbons (Fsp3) is 0.769. The standard InChI is InChI=1S/C13H24N2O5/c1-4-5-6-10(14)12(17)15(9(2)13(18)19)8-7-11(16)20-3/h9-10H,4-8,14H2,1-3H3,(H,18,19)/t9-,10-/m0/s1. The van der Waals surface area contributed by atoms with E-state index in [1.807, 2.05) is 6.92 Å². The van der Waals surface area contributed by atoms with Crippen molar-refractivity contribution in [3.63, 3.8) is 0 Å². The molecule has 0 saturated heterocycles. The van der Waals surface area contributed by atoms with Crippen LogP contribution in [0, 0.1) is 0 Å². The number of aliphatic carboxylic acids is 1. The summed E-state index contributed by atoms with van der Waals surface area (Å²) in [5, 5.41) is 9.03. The van der Waals surface area contributed by atoms with Gasteiger partial charge < -0.3 is 20.5 Å². The number of ether oxygens (including phenoxy) is 1. The van der Waals surface area contributed by atoms with Crippen molar-refractivity contribution < 1.29 is 24.2 Å². The monoisotopic (exact) mass is 288 g/mol. The summed E-state index contributed by atoms with van der Waals surface area (Å²) in [4.78, 5) is 35.5. The van der Waals surface area contributed by atoms with Gasteiger partial charge >= 0.3 is 11.9 Å². The van der Waals surface area contributed by atoms with Crippen molar-refractivity contribution in [3.05, 3.63) is 0 Å². The van der Waals surface area contributed by atoms with E-state index in [-0.39, 0.29) is 13.0 Å². The first-order chi connectivity index (χ1) is 9.34. The zero-order chi connectivity index (χ0) is 15.7. The molecule has 2 atom stereocenters. The molecule has 0 spiro atoms.